The van der Waals surface area contributed by atoms with Crippen molar-refractivity contribution in [3.8, 4) is 5.75 Å². The lowest BCUT2D eigenvalue weighted by Gasteiger charge is -2.29. The van der Waals surface area contributed by atoms with Crippen LogP contribution in [0.3, 0.4) is 0 Å². The van der Waals surface area contributed by atoms with Gasteiger partial charge in [0.1, 0.15) is 11.9 Å². The second-order valence-electron chi connectivity index (χ2n) is 8.83. The predicted octanol–water partition coefficient (Wildman–Crippen LogP) is 3.88. The van der Waals surface area contributed by atoms with Gasteiger partial charge in [0.15, 0.2) is 0 Å². The number of nitrogens with one attached hydrogen (secondary N) is 2. The molecule has 2 aromatic rings. The zero-order valence-electron chi connectivity index (χ0n) is 19.8. The molecule has 1 heterocycles. The summed E-state index contributed by atoms with van der Waals surface area (Å²) in [5, 5.41) is 27.4. The van der Waals surface area contributed by atoms with E-state index < -0.39 is 12.1 Å². The lowest BCUT2D eigenvalue weighted by atomic mass is 10.0. The average Bonchev–Trinajstić information content (AvgIpc) is 3.25. The number of carbonyl (C=O) groups is 1. The summed E-state index contributed by atoms with van der Waals surface area (Å²) in [6.07, 6.45) is 2.70. The van der Waals surface area contributed by atoms with E-state index >= 15 is 0 Å². The van der Waals surface area contributed by atoms with Crippen molar-refractivity contribution in [2.24, 2.45) is 0 Å². The fourth-order valence-corrected chi connectivity index (χ4v) is 4.15. The highest BCUT2D eigenvalue weighted by atomic mass is 35.5. The third kappa shape index (κ3) is 8.47. The number of β-amino-alcohol motifs (C(OH)–C–C–N with tert-alkyl or cyclic N) is 1. The van der Waals surface area contributed by atoms with E-state index in [9.17, 15) is 15.0 Å². The highest BCUT2D eigenvalue weighted by Crippen LogP contribution is 2.22. The predicted molar refractivity (Wildman–Crippen MR) is 134 cm³/mol. The van der Waals surface area contributed by atoms with E-state index in [4.69, 9.17) is 16.3 Å². The molecule has 0 unspecified atom stereocenters. The first-order valence-corrected chi connectivity index (χ1v) is 12.4. The lowest BCUT2D eigenvalue weighted by molar-refractivity contribution is 0.104. The maximum absolute atomic E-state index is 12.6. The molecule has 0 radical (unpaired) electrons. The van der Waals surface area contributed by atoms with Crippen LogP contribution < -0.4 is 15.4 Å². The minimum atomic E-state index is -0.909. The van der Waals surface area contributed by atoms with Crippen LogP contribution in [0.2, 0.25) is 5.02 Å². The Kier molecular flexibility index (Phi) is 10.5. The molecule has 2 aromatic carbocycles. The molecule has 3 atom stereocenters. The summed E-state index contributed by atoms with van der Waals surface area (Å²) in [5.74, 6) is 0.764. The number of amides is 2. The number of halogens is 1. The molecule has 186 valence electrons. The standard InChI is InChI=1S/C26H36ClN3O4/c1-2-3-4-15-34-23-11-7-20(8-12-23)25(32)24(18-30-14-13-22(31)17-30)29-26(33)28-16-19-5-9-21(27)10-6-19/h5-12,22,24-25,31-32H,2-4,13-18H2,1H3,(H2,28,29,33)/t22-,24+,25+/m0/s1. The molecule has 0 spiro atoms. The number of nitrogens with zero attached hydrogens (tertiary/aromatic N) is 1. The van der Waals surface area contributed by atoms with Gasteiger partial charge in [0.2, 0.25) is 0 Å². The monoisotopic (exact) mass is 489 g/mol. The lowest BCUT2D eigenvalue weighted by Crippen LogP contribution is -2.50. The molecule has 1 fully saturated rings. The molecule has 2 amide bonds. The molecule has 7 nitrogen and oxygen atoms in total. The minimum absolute atomic E-state index is 0.346. The zero-order chi connectivity index (χ0) is 24.3. The van der Waals surface area contributed by atoms with Gasteiger partial charge in [0, 0.05) is 31.2 Å². The van der Waals surface area contributed by atoms with E-state index in [-0.39, 0.29) is 12.1 Å². The van der Waals surface area contributed by atoms with Crippen LogP contribution in [0.5, 0.6) is 5.75 Å². The smallest absolute Gasteiger partial charge is 0.315 e. The summed E-state index contributed by atoms with van der Waals surface area (Å²) < 4.78 is 5.76. The average molecular weight is 490 g/mol. The van der Waals surface area contributed by atoms with Crippen molar-refractivity contribution in [2.75, 3.05) is 26.2 Å². The van der Waals surface area contributed by atoms with Crippen LogP contribution in [0, 0.1) is 0 Å². The Bertz CT molecular complexity index is 879. The summed E-state index contributed by atoms with van der Waals surface area (Å²) in [5.41, 5.74) is 1.62. The van der Waals surface area contributed by atoms with Crippen molar-refractivity contribution >= 4 is 17.6 Å². The Morgan fingerprint density at radius 1 is 1.18 bits per heavy atom. The summed E-state index contributed by atoms with van der Waals surface area (Å²) in [6, 6.07) is 13.7. The first-order chi connectivity index (χ1) is 16.4. The molecule has 34 heavy (non-hydrogen) atoms. The van der Waals surface area contributed by atoms with Crippen molar-refractivity contribution < 1.29 is 19.7 Å². The molecule has 1 aliphatic rings. The van der Waals surface area contributed by atoms with Gasteiger partial charge >= 0.3 is 6.03 Å². The summed E-state index contributed by atoms with van der Waals surface area (Å²) in [6.45, 7) is 4.86. The molecule has 0 aliphatic carbocycles. The molecule has 0 aromatic heterocycles. The number of hydrogen-bond donors (Lipinski definition) is 4. The van der Waals surface area contributed by atoms with Crippen molar-refractivity contribution in [1.29, 1.82) is 0 Å². The second kappa shape index (κ2) is 13.5. The molecule has 0 saturated carbocycles. The fourth-order valence-electron chi connectivity index (χ4n) is 4.02. The van der Waals surface area contributed by atoms with E-state index in [0.29, 0.717) is 43.2 Å². The number of aliphatic hydroxyl groups excluding tert-OH is 2. The normalized spacial score (nSPS) is 17.8. The highest BCUT2D eigenvalue weighted by Gasteiger charge is 2.29. The first-order valence-electron chi connectivity index (χ1n) is 12.0. The number of ether oxygens (including phenoxy) is 1. The number of aliphatic hydroxyl groups is 2. The van der Waals surface area contributed by atoms with E-state index in [1.165, 1.54) is 0 Å². The van der Waals surface area contributed by atoms with Crippen LogP contribution in [-0.4, -0.2) is 59.5 Å². The second-order valence-corrected chi connectivity index (χ2v) is 9.27. The molecular formula is C26H36ClN3O4. The Hall–Kier alpha value is -2.32. The number of likely N-dealkylation sites (tertiary alicyclic amines) is 1. The number of hydrogen-bond acceptors (Lipinski definition) is 5. The van der Waals surface area contributed by atoms with Gasteiger partial charge in [-0.15, -0.1) is 0 Å². The van der Waals surface area contributed by atoms with Crippen LogP contribution in [0.15, 0.2) is 48.5 Å². The van der Waals surface area contributed by atoms with Gasteiger partial charge in [0.05, 0.1) is 18.8 Å². The Morgan fingerprint density at radius 3 is 2.56 bits per heavy atom. The first kappa shape index (κ1) is 26.3. The number of benzene rings is 2. The van der Waals surface area contributed by atoms with Gasteiger partial charge in [0.25, 0.3) is 0 Å². The number of unbranched alkanes of at least 4 members (excludes halogenated alkanes) is 2. The fraction of sp³-hybridized carbons (Fsp3) is 0.500. The maximum atomic E-state index is 12.6. The van der Waals surface area contributed by atoms with Crippen LogP contribution in [0.4, 0.5) is 4.79 Å². The summed E-state index contributed by atoms with van der Waals surface area (Å²) >= 11 is 5.92. The Labute approximate surface area is 207 Å². The van der Waals surface area contributed by atoms with Crippen molar-refractivity contribution in [2.45, 2.75) is 57.4 Å². The SMILES string of the molecule is CCCCCOc1ccc([C@@H](O)[C@@H](CN2CC[C@H](O)C2)NC(=O)NCc2ccc(Cl)cc2)cc1. The number of carbonyl (C=O) groups excluding carboxylic acids is 1. The topological polar surface area (TPSA) is 94.1 Å². The van der Waals surface area contributed by atoms with Gasteiger partial charge in [-0.1, -0.05) is 55.6 Å². The maximum Gasteiger partial charge on any atom is 0.315 e. The highest BCUT2D eigenvalue weighted by molar-refractivity contribution is 6.30. The molecule has 0 bridgehead atoms. The van der Waals surface area contributed by atoms with Crippen molar-refractivity contribution in [1.82, 2.24) is 15.5 Å². The van der Waals surface area contributed by atoms with E-state index in [1.807, 2.05) is 36.4 Å². The van der Waals surface area contributed by atoms with Crippen LogP contribution in [0.1, 0.15) is 49.8 Å². The molecule has 1 aliphatic heterocycles. The minimum Gasteiger partial charge on any atom is -0.494 e. The number of urea groups is 1. The van der Waals surface area contributed by atoms with E-state index in [2.05, 4.69) is 22.5 Å². The van der Waals surface area contributed by atoms with Gasteiger partial charge in [-0.3, -0.25) is 4.90 Å². The molecule has 4 N–H and O–H groups in total. The van der Waals surface area contributed by atoms with E-state index in [0.717, 1.165) is 37.1 Å². The third-order valence-corrected chi connectivity index (χ3v) is 6.26. The molecular weight excluding hydrogens is 454 g/mol. The molecule has 8 heteroatoms. The molecule has 1 saturated heterocycles. The van der Waals surface area contributed by atoms with Gasteiger partial charge < -0.3 is 25.6 Å². The summed E-state index contributed by atoms with van der Waals surface area (Å²) in [4.78, 5) is 14.7. The van der Waals surface area contributed by atoms with E-state index in [1.54, 1.807) is 12.1 Å². The summed E-state index contributed by atoms with van der Waals surface area (Å²) in [7, 11) is 0. The Balaban J connectivity index is 1.60. The largest absolute Gasteiger partial charge is 0.494 e. The quantitative estimate of drug-likeness (QED) is 0.339. The zero-order valence-corrected chi connectivity index (χ0v) is 20.5. The number of rotatable bonds is 12. The Morgan fingerprint density at radius 2 is 1.91 bits per heavy atom. The van der Waals surface area contributed by atoms with Crippen molar-refractivity contribution in [3.05, 3.63) is 64.7 Å². The van der Waals surface area contributed by atoms with Gasteiger partial charge in [-0.05, 0) is 48.2 Å². The van der Waals surface area contributed by atoms with Crippen LogP contribution in [-0.2, 0) is 6.54 Å². The van der Waals surface area contributed by atoms with Crippen LogP contribution in [0.25, 0.3) is 0 Å². The third-order valence-electron chi connectivity index (χ3n) is 6.00. The van der Waals surface area contributed by atoms with Gasteiger partial charge in [-0.2, -0.15) is 0 Å². The molecule has 3 rings (SSSR count). The van der Waals surface area contributed by atoms with Crippen LogP contribution >= 0.6 is 11.6 Å². The van der Waals surface area contributed by atoms with Crippen molar-refractivity contribution in [3.63, 3.8) is 0 Å². The van der Waals surface area contributed by atoms with Gasteiger partial charge in [-0.25, -0.2) is 4.79 Å².